The van der Waals surface area contributed by atoms with Gasteiger partial charge in [0.25, 0.3) is 0 Å². The molecule has 13 nitrogen and oxygen atoms in total. The van der Waals surface area contributed by atoms with Gasteiger partial charge in [-0.15, -0.1) is 0 Å². The quantitative estimate of drug-likeness (QED) is 0.138. The molecule has 0 aromatic carbocycles. The van der Waals surface area contributed by atoms with Crippen LogP contribution in [0.3, 0.4) is 0 Å². The van der Waals surface area contributed by atoms with E-state index in [9.17, 15) is 45.6 Å². The van der Waals surface area contributed by atoms with E-state index >= 15 is 0 Å². The fraction of sp³-hybridized carbons (Fsp3) is 0.929. The van der Waals surface area contributed by atoms with Crippen LogP contribution >= 0.6 is 0 Å². The highest BCUT2D eigenvalue weighted by atomic mass is 16.8. The van der Waals surface area contributed by atoms with E-state index in [4.69, 9.17) is 18.9 Å². The van der Waals surface area contributed by atoms with E-state index in [0.29, 0.717) is 18.8 Å². The maximum Gasteiger partial charge on any atom is 0.310 e. The summed E-state index contributed by atoms with van der Waals surface area (Å²) in [6.07, 6.45) is -4.41. The van der Waals surface area contributed by atoms with Crippen LogP contribution in [0.5, 0.6) is 0 Å². The number of hydrogen-bond donors (Lipinski definition) is 8. The van der Waals surface area contributed by atoms with Crippen LogP contribution in [0.25, 0.3) is 0 Å². The van der Waals surface area contributed by atoms with Crippen molar-refractivity contribution < 1.29 is 64.6 Å². The molecule has 0 spiro atoms. The van der Waals surface area contributed by atoms with Crippen LogP contribution in [0.15, 0.2) is 11.6 Å². The average molecular weight is 781 g/mol. The molecule has 0 bridgehead atoms. The molecule has 0 aromatic rings. The third-order valence-corrected chi connectivity index (χ3v) is 17.3. The molecule has 0 unspecified atom stereocenters. The van der Waals surface area contributed by atoms with Crippen molar-refractivity contribution >= 4 is 5.97 Å². The molecule has 18 atom stereocenters. The van der Waals surface area contributed by atoms with Crippen LogP contribution in [0.4, 0.5) is 0 Å². The molecular weight excluding hydrogens is 712 g/mol. The molecular formula is C42H68O13. The molecule has 6 fully saturated rings. The zero-order valence-corrected chi connectivity index (χ0v) is 33.8. The molecule has 2 aliphatic heterocycles. The van der Waals surface area contributed by atoms with Gasteiger partial charge in [0, 0.05) is 0 Å². The van der Waals surface area contributed by atoms with Gasteiger partial charge in [-0.2, -0.15) is 0 Å². The minimum Gasteiger partial charge on any atom is -0.481 e. The van der Waals surface area contributed by atoms with Crippen molar-refractivity contribution in [2.45, 2.75) is 180 Å². The second-order valence-electron chi connectivity index (χ2n) is 20.7. The second kappa shape index (κ2) is 14.2. The first kappa shape index (κ1) is 41.9. The van der Waals surface area contributed by atoms with Gasteiger partial charge in [0.2, 0.25) is 0 Å². The van der Waals surface area contributed by atoms with Crippen molar-refractivity contribution in [2.24, 2.45) is 50.2 Å². The third kappa shape index (κ3) is 6.23. The highest BCUT2D eigenvalue weighted by Crippen LogP contribution is 2.76. The van der Waals surface area contributed by atoms with E-state index in [1.165, 1.54) is 5.57 Å². The minimum atomic E-state index is -1.75. The van der Waals surface area contributed by atoms with Crippen LogP contribution in [-0.4, -0.2) is 128 Å². The number of ether oxygens (including phenoxy) is 4. The zero-order valence-electron chi connectivity index (χ0n) is 33.8. The van der Waals surface area contributed by atoms with Gasteiger partial charge in [0.15, 0.2) is 12.6 Å². The Kier molecular flexibility index (Phi) is 10.8. The minimum absolute atomic E-state index is 0.0240. The Labute approximate surface area is 325 Å². The van der Waals surface area contributed by atoms with E-state index in [2.05, 4.69) is 54.5 Å². The number of aliphatic carboxylic acids is 1. The first-order valence-electron chi connectivity index (χ1n) is 20.8. The summed E-state index contributed by atoms with van der Waals surface area (Å²) in [7, 11) is 0. The van der Waals surface area contributed by atoms with E-state index in [1.807, 2.05) is 0 Å². The standard InChI is InChI=1S/C42H68O13/c1-37(2)14-16-42(36(50)51)17-15-40(6)21(22(42)18-37)8-9-26-39(5)12-11-27(38(3,4)25(39)10-13-41(26,40)7)54-35-33(31(48)29(46)24(20-44)53-35)55-34-32(49)30(47)28(45)23(19-43)52-34/h8,22-35,43-49H,9-20H2,1-7H3,(H,50,51)/t22-,23+,24+,25-,26+,27-,28+,29+,30-,31-,32-,33-,34+,35+,39-,40+,41+,42-/m0/s1. The predicted octanol–water partition coefficient (Wildman–Crippen LogP) is 2.88. The summed E-state index contributed by atoms with van der Waals surface area (Å²) in [5.41, 5.74) is 0.210. The molecule has 8 N–H and O–H groups in total. The molecule has 7 aliphatic rings. The molecule has 5 aliphatic carbocycles. The van der Waals surface area contributed by atoms with Gasteiger partial charge < -0.3 is 59.8 Å². The summed E-state index contributed by atoms with van der Waals surface area (Å²) in [6.45, 7) is 15.1. The maximum atomic E-state index is 13.1. The normalized spacial score (nSPS) is 53.2. The molecule has 2 saturated heterocycles. The molecule has 0 aromatic heterocycles. The highest BCUT2D eigenvalue weighted by Gasteiger charge is 2.69. The summed E-state index contributed by atoms with van der Waals surface area (Å²) >= 11 is 0. The van der Waals surface area contributed by atoms with E-state index in [1.54, 1.807) is 0 Å². The number of aliphatic hydroxyl groups is 7. The van der Waals surface area contributed by atoms with Crippen molar-refractivity contribution in [1.29, 1.82) is 0 Å². The number of allylic oxidation sites excluding steroid dienone is 2. The number of rotatable bonds is 7. The van der Waals surface area contributed by atoms with Gasteiger partial charge >= 0.3 is 5.97 Å². The van der Waals surface area contributed by atoms with Crippen molar-refractivity contribution in [3.8, 4) is 0 Å². The Hall–Kier alpha value is -1.23. The zero-order chi connectivity index (χ0) is 40.3. The summed E-state index contributed by atoms with van der Waals surface area (Å²) in [6, 6.07) is 0. The largest absolute Gasteiger partial charge is 0.481 e. The number of carboxylic acids is 1. The molecule has 2 heterocycles. The van der Waals surface area contributed by atoms with Gasteiger partial charge in [0.1, 0.15) is 48.8 Å². The van der Waals surface area contributed by atoms with Crippen LogP contribution in [0, 0.1) is 50.2 Å². The Morgan fingerprint density at radius 1 is 0.727 bits per heavy atom. The van der Waals surface area contributed by atoms with Crippen molar-refractivity contribution in [3.05, 3.63) is 11.6 Å². The predicted molar refractivity (Wildman–Crippen MR) is 198 cm³/mol. The smallest absolute Gasteiger partial charge is 0.310 e. The number of hydrogen-bond acceptors (Lipinski definition) is 12. The lowest BCUT2D eigenvalue weighted by atomic mass is 9.33. The molecule has 4 saturated carbocycles. The third-order valence-electron chi connectivity index (χ3n) is 17.3. The van der Waals surface area contributed by atoms with Gasteiger partial charge in [-0.25, -0.2) is 0 Å². The number of carboxylic acid groups (broad SMARTS) is 1. The fourth-order valence-electron chi connectivity index (χ4n) is 13.7. The summed E-state index contributed by atoms with van der Waals surface area (Å²) in [5.74, 6) is 0.0181. The number of aliphatic hydroxyl groups excluding tert-OH is 7. The van der Waals surface area contributed by atoms with Crippen molar-refractivity contribution in [1.82, 2.24) is 0 Å². The van der Waals surface area contributed by atoms with Gasteiger partial charge in [-0.3, -0.25) is 4.79 Å². The second-order valence-corrected chi connectivity index (χ2v) is 20.7. The summed E-state index contributed by atoms with van der Waals surface area (Å²) in [5, 5.41) is 84.1. The molecule has 0 amide bonds. The lowest BCUT2D eigenvalue weighted by Crippen LogP contribution is -2.67. The molecule has 7 rings (SSSR count). The Balaban J connectivity index is 1.15. The number of carbonyl (C=O) groups is 1. The first-order chi connectivity index (χ1) is 25.6. The maximum absolute atomic E-state index is 13.1. The van der Waals surface area contributed by atoms with Crippen LogP contribution < -0.4 is 0 Å². The topological polar surface area (TPSA) is 216 Å². The SMILES string of the molecule is CC1(C)CC[C@]2(C(=O)O)CC[C@]3(C)C(=CC[C@@H]4[C@@]5(C)CC[C@H](O[C@H]6O[C@H](CO)[C@@H](O)[C@H](O)[C@@H]6O[C@H]6O[C@H](CO)[C@@H](O)[C@H](O)[C@@H]6O)C(C)(C)[C@@H]5CC[C@]43C)[C@@H]2C1. The molecule has 314 valence electrons. The van der Waals surface area contributed by atoms with Crippen LogP contribution in [-0.2, 0) is 23.7 Å². The van der Waals surface area contributed by atoms with E-state index in [-0.39, 0.29) is 39.6 Å². The van der Waals surface area contributed by atoms with Gasteiger partial charge in [-0.05, 0) is 109 Å². The van der Waals surface area contributed by atoms with Crippen LogP contribution in [0.1, 0.15) is 113 Å². The summed E-state index contributed by atoms with van der Waals surface area (Å²) in [4.78, 5) is 13.1. The fourth-order valence-corrected chi connectivity index (χ4v) is 13.7. The van der Waals surface area contributed by atoms with E-state index in [0.717, 1.165) is 51.4 Å². The Morgan fingerprint density at radius 2 is 1.35 bits per heavy atom. The van der Waals surface area contributed by atoms with E-state index < -0.39 is 91.4 Å². The van der Waals surface area contributed by atoms with Crippen LogP contribution in [0.2, 0.25) is 0 Å². The monoisotopic (exact) mass is 780 g/mol. The Bertz CT molecular complexity index is 1480. The Morgan fingerprint density at radius 3 is 1.98 bits per heavy atom. The molecule has 0 radical (unpaired) electrons. The summed E-state index contributed by atoms with van der Waals surface area (Å²) < 4.78 is 24.4. The highest BCUT2D eigenvalue weighted by molar-refractivity contribution is 5.76. The average Bonchev–Trinajstić information content (AvgIpc) is 3.12. The lowest BCUT2D eigenvalue weighted by molar-refractivity contribution is -0.378. The van der Waals surface area contributed by atoms with Gasteiger partial charge in [0.05, 0.1) is 24.7 Å². The lowest BCUT2D eigenvalue weighted by Gasteiger charge is -2.71. The molecule has 13 heteroatoms. The first-order valence-corrected chi connectivity index (χ1v) is 20.8. The van der Waals surface area contributed by atoms with Crippen molar-refractivity contribution in [2.75, 3.05) is 13.2 Å². The molecule has 55 heavy (non-hydrogen) atoms. The number of fused-ring (bicyclic) bond motifs is 7. The van der Waals surface area contributed by atoms with Gasteiger partial charge in [-0.1, -0.05) is 60.1 Å². The van der Waals surface area contributed by atoms with Crippen molar-refractivity contribution in [3.63, 3.8) is 0 Å².